The topological polar surface area (TPSA) is 70.5 Å². The Morgan fingerprint density at radius 3 is 1.33 bits per heavy atom. The number of nitrogen functional groups attached to an aromatic ring is 2. The standard InChI is InChI=1S/C50H68N2O2/c1-4-7-8-9-10-11-18-23-46(40-32-36(5-2)49(53-44-28-24-42(51)25-29-44)47(34-40)38-19-14-12-15-20-38)41-33-37(6-3)50(54-45-30-26-43(52)27-31-45)48(35-41)39-21-16-13-17-22-39/h24-35,38-39,46H,4-23,51-52H2,1-3H3. The maximum Gasteiger partial charge on any atom is 0.134 e. The second-order valence-corrected chi connectivity index (χ2v) is 16.4. The van der Waals surface area contributed by atoms with Crippen LogP contribution in [0.3, 0.4) is 0 Å². The van der Waals surface area contributed by atoms with E-state index in [4.69, 9.17) is 20.9 Å². The van der Waals surface area contributed by atoms with Gasteiger partial charge in [-0.3, -0.25) is 0 Å². The molecular weight excluding hydrogens is 661 g/mol. The average molecular weight is 729 g/mol. The molecule has 0 atom stereocenters. The summed E-state index contributed by atoms with van der Waals surface area (Å²) in [6.45, 7) is 6.90. The summed E-state index contributed by atoms with van der Waals surface area (Å²) < 4.78 is 13.7. The van der Waals surface area contributed by atoms with E-state index < -0.39 is 0 Å². The highest BCUT2D eigenvalue weighted by Crippen LogP contribution is 2.47. The molecule has 0 saturated heterocycles. The lowest BCUT2D eigenvalue weighted by Crippen LogP contribution is -2.12. The predicted molar refractivity (Wildman–Crippen MR) is 230 cm³/mol. The minimum absolute atomic E-state index is 0.317. The summed E-state index contributed by atoms with van der Waals surface area (Å²) in [6.07, 6.45) is 25.0. The highest BCUT2D eigenvalue weighted by molar-refractivity contribution is 5.55. The fraction of sp³-hybridized carbons (Fsp3) is 0.520. The van der Waals surface area contributed by atoms with Gasteiger partial charge in [0, 0.05) is 17.3 Å². The van der Waals surface area contributed by atoms with Crippen LogP contribution in [0.25, 0.3) is 0 Å². The molecule has 290 valence electrons. The molecule has 2 fully saturated rings. The molecule has 4 N–H and O–H groups in total. The molecular formula is C50H68N2O2. The molecule has 0 aromatic heterocycles. The van der Waals surface area contributed by atoms with E-state index in [0.717, 1.165) is 53.6 Å². The van der Waals surface area contributed by atoms with Gasteiger partial charge in [-0.15, -0.1) is 0 Å². The molecule has 4 aromatic carbocycles. The van der Waals surface area contributed by atoms with Crippen molar-refractivity contribution >= 4 is 11.4 Å². The van der Waals surface area contributed by atoms with Crippen LogP contribution in [0, 0.1) is 0 Å². The van der Waals surface area contributed by atoms with E-state index in [0.29, 0.717) is 17.8 Å². The monoisotopic (exact) mass is 729 g/mol. The van der Waals surface area contributed by atoms with E-state index in [1.807, 2.05) is 48.5 Å². The first-order valence-electron chi connectivity index (χ1n) is 21.9. The van der Waals surface area contributed by atoms with Crippen LogP contribution >= 0.6 is 0 Å². The smallest absolute Gasteiger partial charge is 0.134 e. The minimum atomic E-state index is 0.317. The number of unbranched alkanes of at least 4 members (excludes halogenated alkanes) is 6. The van der Waals surface area contributed by atoms with Crippen LogP contribution in [0.15, 0.2) is 72.8 Å². The first kappa shape index (κ1) is 39.8. The van der Waals surface area contributed by atoms with Gasteiger partial charge in [0.1, 0.15) is 23.0 Å². The molecule has 0 heterocycles. The third-order valence-corrected chi connectivity index (χ3v) is 12.4. The van der Waals surface area contributed by atoms with Crippen LogP contribution in [0.4, 0.5) is 11.4 Å². The molecule has 4 nitrogen and oxygen atoms in total. The number of hydrogen-bond acceptors (Lipinski definition) is 4. The Hall–Kier alpha value is -3.92. The van der Waals surface area contributed by atoms with Crippen molar-refractivity contribution in [2.45, 2.75) is 167 Å². The molecule has 4 heteroatoms. The molecule has 0 aliphatic heterocycles. The summed E-state index contributed by atoms with van der Waals surface area (Å²) in [5.41, 5.74) is 22.1. The van der Waals surface area contributed by atoms with E-state index in [1.54, 1.807) is 0 Å². The first-order chi connectivity index (χ1) is 26.5. The SMILES string of the molecule is CCCCCCCCCC(c1cc(CC)c(Oc2ccc(N)cc2)c(C2CCCCC2)c1)c1cc(CC)c(Oc2ccc(N)cc2)c(C2CCCCC2)c1. The van der Waals surface area contributed by atoms with Crippen molar-refractivity contribution in [1.82, 2.24) is 0 Å². The van der Waals surface area contributed by atoms with Gasteiger partial charge in [-0.2, -0.15) is 0 Å². The number of nitrogens with two attached hydrogens (primary N) is 2. The Kier molecular flexibility index (Phi) is 14.8. The fourth-order valence-electron chi connectivity index (χ4n) is 9.23. The van der Waals surface area contributed by atoms with Crippen LogP contribution in [0.1, 0.15) is 187 Å². The summed E-state index contributed by atoms with van der Waals surface area (Å²) in [5.74, 6) is 5.25. The number of anilines is 2. The molecule has 2 saturated carbocycles. The van der Waals surface area contributed by atoms with E-state index in [2.05, 4.69) is 45.0 Å². The first-order valence-corrected chi connectivity index (χ1v) is 21.9. The fourth-order valence-corrected chi connectivity index (χ4v) is 9.23. The number of rotatable bonds is 18. The van der Waals surface area contributed by atoms with Crippen LogP contribution in [0.5, 0.6) is 23.0 Å². The van der Waals surface area contributed by atoms with Gasteiger partial charge in [-0.05, 0) is 139 Å². The molecule has 0 amide bonds. The Balaban J connectivity index is 1.45. The van der Waals surface area contributed by atoms with E-state index in [1.165, 1.54) is 143 Å². The Bertz CT molecular complexity index is 1610. The average Bonchev–Trinajstić information content (AvgIpc) is 3.21. The van der Waals surface area contributed by atoms with Gasteiger partial charge in [0.25, 0.3) is 0 Å². The van der Waals surface area contributed by atoms with Gasteiger partial charge in [0.2, 0.25) is 0 Å². The summed E-state index contributed by atoms with van der Waals surface area (Å²) in [6, 6.07) is 26.0. The zero-order chi connectivity index (χ0) is 37.7. The number of benzene rings is 4. The summed E-state index contributed by atoms with van der Waals surface area (Å²) in [7, 11) is 0. The normalized spacial score (nSPS) is 15.5. The molecule has 2 aliphatic carbocycles. The van der Waals surface area contributed by atoms with Crippen molar-refractivity contribution in [2.24, 2.45) is 0 Å². The molecule has 0 unspecified atom stereocenters. The molecule has 6 rings (SSSR count). The number of aryl methyl sites for hydroxylation is 2. The van der Waals surface area contributed by atoms with Crippen LogP contribution in [-0.4, -0.2) is 0 Å². The lowest BCUT2D eigenvalue weighted by Gasteiger charge is -2.30. The van der Waals surface area contributed by atoms with Crippen molar-refractivity contribution in [1.29, 1.82) is 0 Å². The van der Waals surface area contributed by atoms with Gasteiger partial charge < -0.3 is 20.9 Å². The van der Waals surface area contributed by atoms with E-state index in [9.17, 15) is 0 Å². The number of hydrogen-bond donors (Lipinski definition) is 2. The van der Waals surface area contributed by atoms with Gasteiger partial charge in [-0.25, -0.2) is 0 Å². The Morgan fingerprint density at radius 1 is 0.519 bits per heavy atom. The van der Waals surface area contributed by atoms with Crippen molar-refractivity contribution in [3.63, 3.8) is 0 Å². The zero-order valence-corrected chi connectivity index (χ0v) is 33.8. The molecule has 54 heavy (non-hydrogen) atoms. The summed E-state index contributed by atoms with van der Waals surface area (Å²) in [4.78, 5) is 0. The van der Waals surface area contributed by atoms with Crippen LogP contribution < -0.4 is 20.9 Å². The third kappa shape index (κ3) is 10.4. The molecule has 0 spiro atoms. The molecule has 0 bridgehead atoms. The van der Waals surface area contributed by atoms with Crippen molar-refractivity contribution in [2.75, 3.05) is 11.5 Å². The van der Waals surface area contributed by atoms with Crippen molar-refractivity contribution < 1.29 is 9.47 Å². The second kappa shape index (κ2) is 20.1. The zero-order valence-electron chi connectivity index (χ0n) is 33.8. The van der Waals surface area contributed by atoms with Crippen molar-refractivity contribution in [3.05, 3.63) is 106 Å². The summed E-state index contributed by atoms with van der Waals surface area (Å²) in [5, 5.41) is 0. The minimum Gasteiger partial charge on any atom is -0.457 e. The number of ether oxygens (including phenoxy) is 2. The third-order valence-electron chi connectivity index (χ3n) is 12.4. The Morgan fingerprint density at radius 2 is 0.926 bits per heavy atom. The summed E-state index contributed by atoms with van der Waals surface area (Å²) >= 11 is 0. The molecule has 0 radical (unpaired) electrons. The lowest BCUT2D eigenvalue weighted by atomic mass is 9.77. The quantitative estimate of drug-likeness (QED) is 0.0790. The maximum absolute atomic E-state index is 6.86. The van der Waals surface area contributed by atoms with Crippen LogP contribution in [-0.2, 0) is 12.8 Å². The van der Waals surface area contributed by atoms with E-state index >= 15 is 0 Å². The second-order valence-electron chi connectivity index (χ2n) is 16.4. The highest BCUT2D eigenvalue weighted by Gasteiger charge is 2.28. The molecule has 2 aliphatic rings. The van der Waals surface area contributed by atoms with Crippen LogP contribution in [0.2, 0.25) is 0 Å². The Labute approximate surface area is 327 Å². The largest absolute Gasteiger partial charge is 0.457 e. The van der Waals surface area contributed by atoms with E-state index in [-0.39, 0.29) is 0 Å². The van der Waals surface area contributed by atoms with Gasteiger partial charge in [0.15, 0.2) is 0 Å². The van der Waals surface area contributed by atoms with Gasteiger partial charge >= 0.3 is 0 Å². The highest BCUT2D eigenvalue weighted by atomic mass is 16.5. The van der Waals surface area contributed by atoms with Gasteiger partial charge in [-0.1, -0.05) is 129 Å². The predicted octanol–water partition coefficient (Wildman–Crippen LogP) is 14.9. The maximum atomic E-state index is 6.86. The van der Waals surface area contributed by atoms with Crippen molar-refractivity contribution in [3.8, 4) is 23.0 Å². The lowest BCUT2D eigenvalue weighted by molar-refractivity contribution is 0.415. The van der Waals surface area contributed by atoms with Gasteiger partial charge in [0.05, 0.1) is 0 Å². The molecule has 4 aromatic rings.